The molecule has 0 unspecified atom stereocenters. The Kier molecular flexibility index (Phi) is 2.82. The molecule has 0 radical (unpaired) electrons. The van der Waals surface area contributed by atoms with E-state index < -0.39 is 0 Å². The first-order valence-electron chi connectivity index (χ1n) is 5.77. The fraction of sp³-hybridized carbons (Fsp3) is 0.545. The Morgan fingerprint density at radius 1 is 1.67 bits per heavy atom. The van der Waals surface area contributed by atoms with Gasteiger partial charge >= 0.3 is 0 Å². The van der Waals surface area contributed by atoms with E-state index in [4.69, 9.17) is 0 Å². The first-order chi connectivity index (χ1) is 8.60. The number of amides is 2. The smallest absolute Gasteiger partial charge is 0.249 e. The maximum Gasteiger partial charge on any atom is 0.249 e. The molecule has 0 bridgehead atoms. The summed E-state index contributed by atoms with van der Waals surface area (Å²) in [5.74, 6) is 0.623. The van der Waals surface area contributed by atoms with Crippen LogP contribution >= 0.6 is 23.1 Å². The summed E-state index contributed by atoms with van der Waals surface area (Å²) in [5.41, 5.74) is 0. The third kappa shape index (κ3) is 1.81. The van der Waals surface area contributed by atoms with Crippen molar-refractivity contribution in [1.82, 2.24) is 9.88 Å². The Morgan fingerprint density at radius 2 is 2.50 bits per heavy atom. The SMILES string of the molecule is C[C@]12CCC(=O)N1[C@H](C(=O)Nc1nccs1)CS2. The molecule has 0 spiro atoms. The van der Waals surface area contributed by atoms with Crippen LogP contribution in [0.5, 0.6) is 0 Å². The number of fused-ring (bicyclic) bond motifs is 1. The largest absolute Gasteiger partial charge is 0.315 e. The minimum absolute atomic E-state index is 0.0850. The van der Waals surface area contributed by atoms with Gasteiger partial charge in [0.15, 0.2) is 5.13 Å². The topological polar surface area (TPSA) is 62.3 Å². The van der Waals surface area contributed by atoms with Crippen molar-refractivity contribution >= 4 is 40.0 Å². The second kappa shape index (κ2) is 4.24. The first-order valence-corrected chi connectivity index (χ1v) is 7.63. The van der Waals surface area contributed by atoms with Crippen molar-refractivity contribution in [3.05, 3.63) is 11.6 Å². The Labute approximate surface area is 113 Å². The predicted molar refractivity (Wildman–Crippen MR) is 71.5 cm³/mol. The zero-order valence-corrected chi connectivity index (χ0v) is 11.5. The third-order valence-corrected chi connectivity index (χ3v) is 5.60. The van der Waals surface area contributed by atoms with Gasteiger partial charge in [-0.1, -0.05) is 0 Å². The van der Waals surface area contributed by atoms with Crippen LogP contribution in [0.4, 0.5) is 5.13 Å². The molecule has 0 aromatic carbocycles. The van der Waals surface area contributed by atoms with Gasteiger partial charge in [0.25, 0.3) is 0 Å². The Balaban J connectivity index is 1.77. The number of hydrogen-bond acceptors (Lipinski definition) is 5. The lowest BCUT2D eigenvalue weighted by molar-refractivity contribution is -0.135. The molecule has 2 amide bonds. The number of carbonyl (C=O) groups excluding carboxylic acids is 2. The standard InChI is InChI=1S/C11H13N3O2S2/c1-11-3-2-8(15)14(11)7(6-18-11)9(16)13-10-12-4-5-17-10/h4-5,7H,2-3,6H2,1H3,(H,12,13,16)/t7-,11-/m0/s1. The zero-order chi connectivity index (χ0) is 12.8. The van der Waals surface area contributed by atoms with E-state index in [9.17, 15) is 9.59 Å². The molecule has 3 heterocycles. The number of aromatic nitrogens is 1. The lowest BCUT2D eigenvalue weighted by atomic mass is 10.2. The van der Waals surface area contributed by atoms with Crippen molar-refractivity contribution in [2.75, 3.05) is 11.1 Å². The average Bonchev–Trinajstić information content (AvgIpc) is 2.99. The third-order valence-electron chi connectivity index (χ3n) is 3.41. The van der Waals surface area contributed by atoms with Gasteiger partial charge in [-0.2, -0.15) is 0 Å². The van der Waals surface area contributed by atoms with Crippen LogP contribution in [0.2, 0.25) is 0 Å². The summed E-state index contributed by atoms with van der Waals surface area (Å²) in [6.07, 6.45) is 3.02. The van der Waals surface area contributed by atoms with Crippen LogP contribution in [0.15, 0.2) is 11.6 Å². The number of nitrogens with zero attached hydrogens (tertiary/aromatic N) is 2. The number of hydrogen-bond donors (Lipinski definition) is 1. The van der Waals surface area contributed by atoms with Crippen molar-refractivity contribution in [3.63, 3.8) is 0 Å². The molecule has 2 aliphatic heterocycles. The van der Waals surface area contributed by atoms with E-state index in [-0.39, 0.29) is 22.7 Å². The molecule has 2 saturated heterocycles. The normalized spacial score (nSPS) is 30.6. The maximum absolute atomic E-state index is 12.2. The fourth-order valence-corrected chi connectivity index (χ4v) is 4.45. The molecule has 1 aromatic heterocycles. The summed E-state index contributed by atoms with van der Waals surface area (Å²) in [6.45, 7) is 2.04. The summed E-state index contributed by atoms with van der Waals surface area (Å²) in [4.78, 5) is 29.7. The first kappa shape index (κ1) is 12.0. The molecule has 1 aromatic rings. The van der Waals surface area contributed by atoms with E-state index in [0.29, 0.717) is 17.3 Å². The van der Waals surface area contributed by atoms with Gasteiger partial charge in [-0.3, -0.25) is 9.59 Å². The van der Waals surface area contributed by atoms with Gasteiger partial charge < -0.3 is 10.2 Å². The summed E-state index contributed by atoms with van der Waals surface area (Å²) in [7, 11) is 0. The summed E-state index contributed by atoms with van der Waals surface area (Å²) < 4.78 is 0. The van der Waals surface area contributed by atoms with Crippen molar-refractivity contribution in [1.29, 1.82) is 0 Å². The van der Waals surface area contributed by atoms with E-state index in [1.165, 1.54) is 11.3 Å². The highest BCUT2D eigenvalue weighted by molar-refractivity contribution is 8.01. The van der Waals surface area contributed by atoms with E-state index in [1.54, 1.807) is 22.9 Å². The number of nitrogens with one attached hydrogen (secondary N) is 1. The van der Waals surface area contributed by atoms with Crippen LogP contribution in [0, 0.1) is 0 Å². The monoisotopic (exact) mass is 283 g/mol. The molecule has 2 atom stereocenters. The van der Waals surface area contributed by atoms with Crippen molar-refractivity contribution < 1.29 is 9.59 Å². The van der Waals surface area contributed by atoms with Gasteiger partial charge in [-0.25, -0.2) is 4.98 Å². The summed E-state index contributed by atoms with van der Waals surface area (Å²) in [6, 6.07) is -0.362. The number of thioether (sulfide) groups is 1. The van der Waals surface area contributed by atoms with Crippen LogP contribution in [-0.4, -0.2) is 38.4 Å². The van der Waals surface area contributed by atoms with Crippen LogP contribution in [0.3, 0.4) is 0 Å². The summed E-state index contributed by atoms with van der Waals surface area (Å²) in [5, 5.41) is 5.17. The quantitative estimate of drug-likeness (QED) is 0.894. The molecular weight excluding hydrogens is 270 g/mol. The number of carbonyl (C=O) groups is 2. The average molecular weight is 283 g/mol. The Morgan fingerprint density at radius 3 is 3.22 bits per heavy atom. The fourth-order valence-electron chi connectivity index (χ4n) is 2.49. The molecule has 0 aliphatic carbocycles. The molecule has 3 rings (SSSR count). The predicted octanol–water partition coefficient (Wildman–Crippen LogP) is 1.54. The maximum atomic E-state index is 12.2. The molecule has 7 heteroatoms. The van der Waals surface area contributed by atoms with Gasteiger partial charge in [0.05, 0.1) is 4.87 Å². The Bertz CT molecular complexity index is 490. The molecule has 5 nitrogen and oxygen atoms in total. The van der Waals surface area contributed by atoms with Crippen LogP contribution in [0.1, 0.15) is 19.8 Å². The molecule has 96 valence electrons. The lowest BCUT2D eigenvalue weighted by Crippen LogP contribution is -2.48. The van der Waals surface area contributed by atoms with Crippen molar-refractivity contribution in [2.24, 2.45) is 0 Å². The highest BCUT2D eigenvalue weighted by atomic mass is 32.2. The molecular formula is C11H13N3O2S2. The van der Waals surface area contributed by atoms with Crippen LogP contribution in [-0.2, 0) is 9.59 Å². The molecule has 18 heavy (non-hydrogen) atoms. The van der Waals surface area contributed by atoms with Crippen molar-refractivity contribution in [2.45, 2.75) is 30.7 Å². The van der Waals surface area contributed by atoms with E-state index >= 15 is 0 Å². The van der Waals surface area contributed by atoms with Crippen molar-refractivity contribution in [3.8, 4) is 0 Å². The number of anilines is 1. The number of rotatable bonds is 2. The molecule has 0 saturated carbocycles. The minimum atomic E-state index is -0.362. The van der Waals surface area contributed by atoms with E-state index in [1.807, 2.05) is 12.3 Å². The molecule has 2 aliphatic rings. The molecule has 2 fully saturated rings. The van der Waals surface area contributed by atoms with Gasteiger partial charge in [0.2, 0.25) is 11.8 Å². The van der Waals surface area contributed by atoms with Crippen LogP contribution in [0.25, 0.3) is 0 Å². The highest BCUT2D eigenvalue weighted by Gasteiger charge is 2.52. The second-order valence-electron chi connectivity index (χ2n) is 4.59. The van der Waals surface area contributed by atoms with E-state index in [0.717, 1.165) is 6.42 Å². The minimum Gasteiger partial charge on any atom is -0.315 e. The lowest BCUT2D eigenvalue weighted by Gasteiger charge is -2.29. The van der Waals surface area contributed by atoms with Gasteiger partial charge in [-0.15, -0.1) is 23.1 Å². The van der Waals surface area contributed by atoms with Gasteiger partial charge in [0, 0.05) is 23.8 Å². The zero-order valence-electron chi connectivity index (χ0n) is 9.88. The van der Waals surface area contributed by atoms with Crippen LogP contribution < -0.4 is 5.32 Å². The number of thiazole rings is 1. The second-order valence-corrected chi connectivity index (χ2v) is 6.99. The van der Waals surface area contributed by atoms with Gasteiger partial charge in [-0.05, 0) is 13.3 Å². The van der Waals surface area contributed by atoms with E-state index in [2.05, 4.69) is 10.3 Å². The Hall–Kier alpha value is -1.08. The van der Waals surface area contributed by atoms with Gasteiger partial charge in [0.1, 0.15) is 6.04 Å². The molecule has 1 N–H and O–H groups in total. The highest BCUT2D eigenvalue weighted by Crippen LogP contribution is 2.47. The summed E-state index contributed by atoms with van der Waals surface area (Å²) >= 11 is 3.08.